The van der Waals surface area contributed by atoms with Crippen molar-refractivity contribution in [1.82, 2.24) is 5.32 Å². The maximum absolute atomic E-state index is 11.8. The van der Waals surface area contributed by atoms with Gasteiger partial charge in [0.15, 0.2) is 0 Å². The van der Waals surface area contributed by atoms with Crippen LogP contribution in [-0.2, 0) is 0 Å². The summed E-state index contributed by atoms with van der Waals surface area (Å²) in [7, 11) is 0. The van der Waals surface area contributed by atoms with E-state index in [-0.39, 0.29) is 6.03 Å². The average molecular weight is 314 g/mol. The minimum atomic E-state index is -0.248. The van der Waals surface area contributed by atoms with Crippen LogP contribution >= 0.6 is 0 Å². The van der Waals surface area contributed by atoms with E-state index in [9.17, 15) is 4.79 Å². The lowest BCUT2D eigenvalue weighted by molar-refractivity contribution is 0.247. The van der Waals surface area contributed by atoms with E-state index >= 15 is 0 Å². The predicted octanol–water partition coefficient (Wildman–Crippen LogP) is 3.59. The molecule has 2 N–H and O–H groups in total. The number of ether oxygens (including phenoxy) is 2. The molecule has 0 aromatic heterocycles. The van der Waals surface area contributed by atoms with Crippen molar-refractivity contribution in [2.45, 2.75) is 13.8 Å². The molecule has 0 atom stereocenters. The van der Waals surface area contributed by atoms with Gasteiger partial charge in [-0.15, -0.1) is 0 Å². The molecule has 2 amide bonds. The van der Waals surface area contributed by atoms with Gasteiger partial charge in [0.25, 0.3) is 0 Å². The second kappa shape index (κ2) is 8.68. The van der Waals surface area contributed by atoms with Crippen molar-refractivity contribution in [1.29, 1.82) is 0 Å². The van der Waals surface area contributed by atoms with Crippen LogP contribution in [0.4, 0.5) is 10.5 Å². The first kappa shape index (κ1) is 16.7. The van der Waals surface area contributed by atoms with Crippen molar-refractivity contribution in [2.24, 2.45) is 0 Å². The summed E-state index contributed by atoms with van der Waals surface area (Å²) in [5.41, 5.74) is 1.87. The molecule has 0 saturated heterocycles. The minimum Gasteiger partial charge on any atom is -0.494 e. The molecule has 5 heteroatoms. The van der Waals surface area contributed by atoms with Crippen LogP contribution in [0, 0.1) is 6.92 Å². The fraction of sp³-hybridized carbons (Fsp3) is 0.278. The zero-order chi connectivity index (χ0) is 16.5. The molecule has 0 heterocycles. The van der Waals surface area contributed by atoms with Gasteiger partial charge >= 0.3 is 6.03 Å². The second-order valence-corrected chi connectivity index (χ2v) is 5.01. The van der Waals surface area contributed by atoms with Crippen molar-refractivity contribution < 1.29 is 14.3 Å². The van der Waals surface area contributed by atoms with E-state index in [1.807, 2.05) is 62.4 Å². The van der Waals surface area contributed by atoms with Gasteiger partial charge < -0.3 is 20.1 Å². The number of carbonyl (C=O) groups is 1. The minimum absolute atomic E-state index is 0.248. The summed E-state index contributed by atoms with van der Waals surface area (Å²) >= 11 is 0. The molecule has 0 radical (unpaired) electrons. The summed E-state index contributed by atoms with van der Waals surface area (Å²) in [5, 5.41) is 5.54. The van der Waals surface area contributed by atoms with E-state index in [1.165, 1.54) is 0 Å². The molecule has 2 rings (SSSR count). The van der Waals surface area contributed by atoms with Gasteiger partial charge in [-0.05, 0) is 43.7 Å². The van der Waals surface area contributed by atoms with Gasteiger partial charge in [-0.2, -0.15) is 0 Å². The number of aryl methyl sites for hydroxylation is 1. The number of benzene rings is 2. The molecule has 2 aromatic carbocycles. The Kier molecular flexibility index (Phi) is 6.29. The smallest absolute Gasteiger partial charge is 0.319 e. The third-order valence-corrected chi connectivity index (χ3v) is 3.05. The molecule has 0 bridgehead atoms. The van der Waals surface area contributed by atoms with E-state index in [1.54, 1.807) is 0 Å². The third kappa shape index (κ3) is 5.90. The van der Waals surface area contributed by atoms with Crippen LogP contribution in [0.1, 0.15) is 12.5 Å². The van der Waals surface area contributed by atoms with E-state index < -0.39 is 0 Å². The lowest BCUT2D eigenvalue weighted by atomic mass is 10.2. The van der Waals surface area contributed by atoms with E-state index in [0.29, 0.717) is 19.8 Å². The fourth-order valence-electron chi connectivity index (χ4n) is 2.05. The zero-order valence-corrected chi connectivity index (χ0v) is 13.5. The molecule has 0 spiro atoms. The van der Waals surface area contributed by atoms with Crippen molar-refractivity contribution >= 4 is 11.7 Å². The number of anilines is 1. The van der Waals surface area contributed by atoms with E-state index in [2.05, 4.69) is 10.6 Å². The summed E-state index contributed by atoms with van der Waals surface area (Å²) in [6.45, 7) is 5.33. The number of carbonyl (C=O) groups excluding carboxylic acids is 1. The lowest BCUT2D eigenvalue weighted by Crippen LogP contribution is -2.32. The van der Waals surface area contributed by atoms with Crippen LogP contribution in [-0.4, -0.2) is 25.8 Å². The van der Waals surface area contributed by atoms with Crippen LogP contribution in [0.5, 0.6) is 11.5 Å². The van der Waals surface area contributed by atoms with E-state index in [0.717, 1.165) is 22.7 Å². The Morgan fingerprint density at radius 1 is 1.04 bits per heavy atom. The summed E-state index contributed by atoms with van der Waals surface area (Å²) in [4.78, 5) is 11.8. The van der Waals surface area contributed by atoms with Gasteiger partial charge in [-0.25, -0.2) is 4.79 Å². The summed E-state index contributed by atoms with van der Waals surface area (Å²) in [6.07, 6.45) is 0. The molecule has 23 heavy (non-hydrogen) atoms. The number of nitrogens with one attached hydrogen (secondary N) is 2. The summed E-state index contributed by atoms with van der Waals surface area (Å²) < 4.78 is 11.0. The van der Waals surface area contributed by atoms with Crippen molar-refractivity contribution in [3.63, 3.8) is 0 Å². The number of hydrogen-bond acceptors (Lipinski definition) is 3. The maximum atomic E-state index is 11.8. The van der Waals surface area contributed by atoms with Crippen LogP contribution < -0.4 is 20.1 Å². The fourth-order valence-corrected chi connectivity index (χ4v) is 2.05. The van der Waals surface area contributed by atoms with Crippen LogP contribution in [0.2, 0.25) is 0 Å². The number of hydrogen-bond donors (Lipinski definition) is 2. The second-order valence-electron chi connectivity index (χ2n) is 5.01. The standard InChI is InChI=1S/C18H22N2O3/c1-3-22-16-8-5-9-17(13-16)23-11-10-19-18(21)20-15-7-4-6-14(2)12-15/h4-9,12-13H,3,10-11H2,1-2H3,(H2,19,20,21). The highest BCUT2D eigenvalue weighted by Gasteiger charge is 2.02. The molecule has 0 fully saturated rings. The molecule has 2 aromatic rings. The topological polar surface area (TPSA) is 59.6 Å². The van der Waals surface area contributed by atoms with Gasteiger partial charge in [0.1, 0.15) is 18.1 Å². The van der Waals surface area contributed by atoms with Crippen LogP contribution in [0.3, 0.4) is 0 Å². The summed E-state index contributed by atoms with van der Waals surface area (Å²) in [5.74, 6) is 1.49. The van der Waals surface area contributed by atoms with Crippen molar-refractivity contribution in [3.05, 3.63) is 54.1 Å². The molecule has 0 aliphatic rings. The van der Waals surface area contributed by atoms with Crippen molar-refractivity contribution in [3.8, 4) is 11.5 Å². The largest absolute Gasteiger partial charge is 0.494 e. The number of amides is 2. The number of urea groups is 1. The molecule has 0 aliphatic heterocycles. The predicted molar refractivity (Wildman–Crippen MR) is 91.3 cm³/mol. The Hall–Kier alpha value is -2.69. The normalized spacial score (nSPS) is 10.0. The first-order valence-corrected chi connectivity index (χ1v) is 7.64. The van der Waals surface area contributed by atoms with Gasteiger partial charge in [0.2, 0.25) is 0 Å². The molecule has 5 nitrogen and oxygen atoms in total. The Balaban J connectivity index is 1.70. The molecule has 0 aliphatic carbocycles. The van der Waals surface area contributed by atoms with Gasteiger partial charge in [0.05, 0.1) is 13.2 Å². The first-order chi connectivity index (χ1) is 11.2. The number of rotatable bonds is 7. The van der Waals surface area contributed by atoms with E-state index in [4.69, 9.17) is 9.47 Å². The quantitative estimate of drug-likeness (QED) is 0.768. The Morgan fingerprint density at radius 2 is 1.78 bits per heavy atom. The maximum Gasteiger partial charge on any atom is 0.319 e. The highest BCUT2D eigenvalue weighted by Crippen LogP contribution is 2.19. The van der Waals surface area contributed by atoms with Gasteiger partial charge in [0, 0.05) is 11.8 Å². The molecule has 0 unspecified atom stereocenters. The summed E-state index contributed by atoms with van der Waals surface area (Å²) in [6, 6.07) is 14.8. The first-order valence-electron chi connectivity index (χ1n) is 7.64. The lowest BCUT2D eigenvalue weighted by Gasteiger charge is -2.10. The Labute approximate surface area is 136 Å². The molecule has 0 saturated carbocycles. The molecule has 122 valence electrons. The van der Waals surface area contributed by atoms with Gasteiger partial charge in [-0.3, -0.25) is 0 Å². The third-order valence-electron chi connectivity index (χ3n) is 3.05. The SMILES string of the molecule is CCOc1cccc(OCCNC(=O)Nc2cccc(C)c2)c1. The average Bonchev–Trinajstić information content (AvgIpc) is 2.52. The highest BCUT2D eigenvalue weighted by molar-refractivity contribution is 5.89. The molecular weight excluding hydrogens is 292 g/mol. The Bertz CT molecular complexity index is 644. The monoisotopic (exact) mass is 314 g/mol. The van der Waals surface area contributed by atoms with Crippen LogP contribution in [0.25, 0.3) is 0 Å². The molecular formula is C18H22N2O3. The van der Waals surface area contributed by atoms with Crippen LogP contribution in [0.15, 0.2) is 48.5 Å². The Morgan fingerprint density at radius 3 is 2.52 bits per heavy atom. The zero-order valence-electron chi connectivity index (χ0n) is 13.5. The highest BCUT2D eigenvalue weighted by atomic mass is 16.5. The van der Waals surface area contributed by atoms with Crippen molar-refractivity contribution in [2.75, 3.05) is 25.1 Å². The van der Waals surface area contributed by atoms with Gasteiger partial charge in [-0.1, -0.05) is 18.2 Å².